The van der Waals surface area contributed by atoms with Crippen LogP contribution in [-0.2, 0) is 0 Å². The van der Waals surface area contributed by atoms with Gasteiger partial charge in [-0.05, 0) is 31.3 Å². The minimum atomic E-state index is -0.197. The molecule has 2 heterocycles. The number of rotatable bonds is 2. The SMILES string of the molecule is COc1ccc2c(c1OC)OC1(C=C2)CCNCC1. The van der Waals surface area contributed by atoms with Gasteiger partial charge in [0, 0.05) is 18.4 Å². The van der Waals surface area contributed by atoms with Crippen molar-refractivity contribution in [3.63, 3.8) is 0 Å². The number of hydrogen-bond acceptors (Lipinski definition) is 4. The second-order valence-electron chi connectivity index (χ2n) is 4.97. The summed E-state index contributed by atoms with van der Waals surface area (Å²) in [6.45, 7) is 1.96. The zero-order valence-electron chi connectivity index (χ0n) is 11.4. The molecule has 0 bridgehead atoms. The molecule has 4 nitrogen and oxygen atoms in total. The van der Waals surface area contributed by atoms with Gasteiger partial charge in [0.25, 0.3) is 0 Å². The van der Waals surface area contributed by atoms with Crippen LogP contribution in [0, 0.1) is 0 Å². The van der Waals surface area contributed by atoms with E-state index in [0.717, 1.165) is 37.2 Å². The summed E-state index contributed by atoms with van der Waals surface area (Å²) in [7, 11) is 3.29. The van der Waals surface area contributed by atoms with Crippen LogP contribution in [0.4, 0.5) is 0 Å². The molecule has 0 saturated carbocycles. The molecule has 2 aliphatic heterocycles. The largest absolute Gasteiger partial charge is 0.493 e. The predicted octanol–water partition coefficient (Wildman–Crippen LogP) is 2.23. The van der Waals surface area contributed by atoms with E-state index < -0.39 is 0 Å². The lowest BCUT2D eigenvalue weighted by Gasteiger charge is -2.38. The number of fused-ring (bicyclic) bond motifs is 1. The van der Waals surface area contributed by atoms with E-state index in [2.05, 4.69) is 17.5 Å². The fourth-order valence-electron chi connectivity index (χ4n) is 2.75. The van der Waals surface area contributed by atoms with E-state index in [1.807, 2.05) is 12.1 Å². The maximum atomic E-state index is 6.29. The molecule has 19 heavy (non-hydrogen) atoms. The van der Waals surface area contributed by atoms with Gasteiger partial charge in [0.1, 0.15) is 5.60 Å². The van der Waals surface area contributed by atoms with Gasteiger partial charge >= 0.3 is 0 Å². The van der Waals surface area contributed by atoms with Gasteiger partial charge in [-0.15, -0.1) is 0 Å². The lowest BCUT2D eigenvalue weighted by Crippen LogP contribution is -2.45. The van der Waals surface area contributed by atoms with Gasteiger partial charge in [0.05, 0.1) is 14.2 Å². The summed E-state index contributed by atoms with van der Waals surface area (Å²) in [5, 5.41) is 3.36. The van der Waals surface area contributed by atoms with Crippen molar-refractivity contribution in [2.75, 3.05) is 27.3 Å². The van der Waals surface area contributed by atoms with Crippen LogP contribution < -0.4 is 19.5 Å². The van der Waals surface area contributed by atoms with Crippen LogP contribution in [0.15, 0.2) is 18.2 Å². The molecule has 1 aromatic carbocycles. The molecule has 102 valence electrons. The van der Waals surface area contributed by atoms with E-state index in [1.54, 1.807) is 14.2 Å². The maximum absolute atomic E-state index is 6.29. The van der Waals surface area contributed by atoms with Crippen molar-refractivity contribution in [3.05, 3.63) is 23.8 Å². The van der Waals surface area contributed by atoms with Crippen molar-refractivity contribution in [1.29, 1.82) is 0 Å². The number of ether oxygens (including phenoxy) is 3. The van der Waals surface area contributed by atoms with Crippen molar-refractivity contribution in [2.45, 2.75) is 18.4 Å². The van der Waals surface area contributed by atoms with Gasteiger partial charge in [-0.3, -0.25) is 0 Å². The average Bonchev–Trinajstić information content (AvgIpc) is 2.46. The summed E-state index contributed by atoms with van der Waals surface area (Å²) in [4.78, 5) is 0. The Bertz CT molecular complexity index is 504. The highest BCUT2D eigenvalue weighted by molar-refractivity contribution is 5.69. The molecule has 0 atom stereocenters. The van der Waals surface area contributed by atoms with Crippen molar-refractivity contribution in [3.8, 4) is 17.2 Å². The summed E-state index contributed by atoms with van der Waals surface area (Å²) in [6.07, 6.45) is 6.26. The van der Waals surface area contributed by atoms with Crippen LogP contribution in [0.5, 0.6) is 17.2 Å². The molecule has 1 aromatic rings. The molecule has 0 aliphatic carbocycles. The topological polar surface area (TPSA) is 39.7 Å². The van der Waals surface area contributed by atoms with Gasteiger partial charge in [0.2, 0.25) is 5.75 Å². The Morgan fingerprint density at radius 1 is 1.16 bits per heavy atom. The monoisotopic (exact) mass is 261 g/mol. The molecule has 1 fully saturated rings. The van der Waals surface area contributed by atoms with Crippen molar-refractivity contribution in [1.82, 2.24) is 5.32 Å². The summed E-state index contributed by atoms with van der Waals surface area (Å²) in [5.41, 5.74) is 0.847. The van der Waals surface area contributed by atoms with Crippen LogP contribution in [-0.4, -0.2) is 32.9 Å². The third-order valence-electron chi connectivity index (χ3n) is 3.85. The lowest BCUT2D eigenvalue weighted by atomic mass is 9.89. The first-order valence-corrected chi connectivity index (χ1v) is 6.62. The molecule has 2 aliphatic rings. The minimum Gasteiger partial charge on any atom is -0.493 e. The average molecular weight is 261 g/mol. The summed E-state index contributed by atoms with van der Waals surface area (Å²) in [6, 6.07) is 3.91. The molecule has 1 saturated heterocycles. The van der Waals surface area contributed by atoms with Gasteiger partial charge in [-0.2, -0.15) is 0 Å². The van der Waals surface area contributed by atoms with Crippen LogP contribution in [0.2, 0.25) is 0 Å². The van der Waals surface area contributed by atoms with Crippen LogP contribution in [0.1, 0.15) is 18.4 Å². The summed E-state index contributed by atoms with van der Waals surface area (Å²) < 4.78 is 17.1. The molecular formula is C15H19NO3. The van der Waals surface area contributed by atoms with Crippen molar-refractivity contribution in [2.24, 2.45) is 0 Å². The lowest BCUT2D eigenvalue weighted by molar-refractivity contribution is 0.0782. The molecule has 0 radical (unpaired) electrons. The summed E-state index contributed by atoms with van der Waals surface area (Å²) in [5.74, 6) is 2.19. The van der Waals surface area contributed by atoms with E-state index in [4.69, 9.17) is 14.2 Å². The fraction of sp³-hybridized carbons (Fsp3) is 0.467. The second-order valence-corrected chi connectivity index (χ2v) is 4.97. The molecule has 0 aromatic heterocycles. The zero-order chi connectivity index (χ0) is 13.3. The van der Waals surface area contributed by atoms with E-state index in [9.17, 15) is 0 Å². The van der Waals surface area contributed by atoms with E-state index in [1.165, 1.54) is 0 Å². The molecule has 4 heteroatoms. The number of methoxy groups -OCH3 is 2. The molecule has 3 rings (SSSR count). The number of hydrogen-bond donors (Lipinski definition) is 1. The Morgan fingerprint density at radius 3 is 2.63 bits per heavy atom. The van der Waals surface area contributed by atoms with Crippen LogP contribution >= 0.6 is 0 Å². The highest BCUT2D eigenvalue weighted by atomic mass is 16.5. The summed E-state index contributed by atoms with van der Waals surface area (Å²) >= 11 is 0. The van der Waals surface area contributed by atoms with Gasteiger partial charge in [0.15, 0.2) is 11.5 Å². The van der Waals surface area contributed by atoms with Crippen LogP contribution in [0.3, 0.4) is 0 Å². The van der Waals surface area contributed by atoms with Gasteiger partial charge in [-0.1, -0.05) is 6.08 Å². The smallest absolute Gasteiger partial charge is 0.203 e. The Labute approximate surface area is 113 Å². The molecule has 0 amide bonds. The minimum absolute atomic E-state index is 0.197. The molecule has 0 unspecified atom stereocenters. The molecule has 1 N–H and O–H groups in total. The Balaban J connectivity index is 2.02. The third-order valence-corrected chi connectivity index (χ3v) is 3.85. The van der Waals surface area contributed by atoms with Crippen molar-refractivity contribution < 1.29 is 14.2 Å². The zero-order valence-corrected chi connectivity index (χ0v) is 11.4. The second kappa shape index (κ2) is 4.78. The number of nitrogens with one attached hydrogen (secondary N) is 1. The van der Waals surface area contributed by atoms with Gasteiger partial charge in [-0.25, -0.2) is 0 Å². The van der Waals surface area contributed by atoms with E-state index >= 15 is 0 Å². The standard InChI is InChI=1S/C15H19NO3/c1-17-12-4-3-11-5-6-15(7-9-16-10-8-15)19-13(11)14(12)18-2/h3-6,16H,7-10H2,1-2H3. The first kappa shape index (κ1) is 12.4. The van der Waals surface area contributed by atoms with E-state index in [-0.39, 0.29) is 5.60 Å². The van der Waals surface area contributed by atoms with Crippen LogP contribution in [0.25, 0.3) is 6.08 Å². The Morgan fingerprint density at radius 2 is 1.95 bits per heavy atom. The normalized spacial score (nSPS) is 19.7. The first-order chi connectivity index (χ1) is 9.28. The Hall–Kier alpha value is -1.68. The molecule has 1 spiro atoms. The highest BCUT2D eigenvalue weighted by Crippen LogP contribution is 2.46. The van der Waals surface area contributed by atoms with Gasteiger partial charge < -0.3 is 19.5 Å². The molecular weight excluding hydrogens is 242 g/mol. The first-order valence-electron chi connectivity index (χ1n) is 6.62. The maximum Gasteiger partial charge on any atom is 0.203 e. The number of benzene rings is 1. The Kier molecular flexibility index (Phi) is 3.11. The number of piperidine rings is 1. The quantitative estimate of drug-likeness (QED) is 0.886. The van der Waals surface area contributed by atoms with Crippen molar-refractivity contribution >= 4 is 6.08 Å². The predicted molar refractivity (Wildman–Crippen MR) is 74.0 cm³/mol. The van der Waals surface area contributed by atoms with E-state index in [0.29, 0.717) is 11.5 Å². The third kappa shape index (κ3) is 2.06. The fourth-order valence-corrected chi connectivity index (χ4v) is 2.75. The highest BCUT2D eigenvalue weighted by Gasteiger charge is 2.36.